The Balaban J connectivity index is 2.01. The number of aromatic nitrogens is 3. The van der Waals surface area contributed by atoms with E-state index in [9.17, 15) is 0 Å². The molecule has 1 aromatic rings. The minimum atomic E-state index is 0.0138. The third-order valence-corrected chi connectivity index (χ3v) is 3.88. The zero-order valence-electron chi connectivity index (χ0n) is 11.7. The summed E-state index contributed by atoms with van der Waals surface area (Å²) in [6, 6.07) is 0.275. The predicted octanol–water partition coefficient (Wildman–Crippen LogP) is 3.30. The number of hydrogen-bond acceptors (Lipinski definition) is 5. The molecule has 1 aliphatic carbocycles. The molecule has 0 saturated heterocycles. The van der Waals surface area contributed by atoms with Crippen LogP contribution in [0, 0.1) is 5.41 Å². The minimum absolute atomic E-state index is 0.0138. The Kier molecular flexibility index (Phi) is 4.45. The number of rotatable bonds is 6. The fraction of sp³-hybridized carbons (Fsp3) is 0.769. The van der Waals surface area contributed by atoms with E-state index in [1.54, 1.807) is 0 Å². The van der Waals surface area contributed by atoms with Gasteiger partial charge in [-0.15, -0.1) is 0 Å². The Hall–Kier alpha value is -1.10. The first kappa shape index (κ1) is 14.3. The van der Waals surface area contributed by atoms with Gasteiger partial charge in [0.05, 0.1) is 6.10 Å². The van der Waals surface area contributed by atoms with E-state index in [0.29, 0.717) is 11.4 Å². The Bertz CT molecular complexity index is 429. The van der Waals surface area contributed by atoms with Gasteiger partial charge in [0.25, 0.3) is 0 Å². The second-order valence-electron chi connectivity index (χ2n) is 5.44. The lowest BCUT2D eigenvalue weighted by Gasteiger charge is -2.41. The van der Waals surface area contributed by atoms with Crippen LogP contribution in [0.4, 0.5) is 5.95 Å². The lowest BCUT2D eigenvalue weighted by atomic mass is 9.67. The largest absolute Gasteiger partial charge is 0.461 e. The van der Waals surface area contributed by atoms with Gasteiger partial charge in [0, 0.05) is 6.54 Å². The van der Waals surface area contributed by atoms with E-state index < -0.39 is 0 Å². The van der Waals surface area contributed by atoms with Crippen molar-refractivity contribution in [3.8, 4) is 6.01 Å². The van der Waals surface area contributed by atoms with Gasteiger partial charge in [-0.25, -0.2) is 0 Å². The molecule has 0 unspecified atom stereocenters. The highest BCUT2D eigenvalue weighted by Crippen LogP contribution is 2.43. The first-order valence-electron chi connectivity index (χ1n) is 6.85. The van der Waals surface area contributed by atoms with E-state index >= 15 is 0 Å². The normalized spacial score (nSPS) is 17.1. The van der Waals surface area contributed by atoms with Crippen molar-refractivity contribution in [2.75, 3.05) is 11.9 Å². The van der Waals surface area contributed by atoms with E-state index in [1.165, 1.54) is 25.7 Å². The van der Waals surface area contributed by atoms with Gasteiger partial charge in [0.15, 0.2) is 0 Å². The Morgan fingerprint density at radius 1 is 1.32 bits per heavy atom. The summed E-state index contributed by atoms with van der Waals surface area (Å²) in [4.78, 5) is 12.3. The van der Waals surface area contributed by atoms with Gasteiger partial charge in [-0.2, -0.15) is 15.0 Å². The number of nitrogens with zero attached hydrogens (tertiary/aromatic N) is 3. The van der Waals surface area contributed by atoms with Crippen LogP contribution in [0.5, 0.6) is 6.01 Å². The molecule has 0 aliphatic heterocycles. The molecule has 1 heterocycles. The van der Waals surface area contributed by atoms with Crippen LogP contribution in [0.25, 0.3) is 0 Å². The summed E-state index contributed by atoms with van der Waals surface area (Å²) in [5.74, 6) is 0.496. The third kappa shape index (κ3) is 3.69. The highest BCUT2D eigenvalue weighted by molar-refractivity contribution is 6.28. The predicted molar refractivity (Wildman–Crippen MR) is 75.7 cm³/mol. The lowest BCUT2D eigenvalue weighted by molar-refractivity contribution is 0.144. The molecule has 1 fully saturated rings. The van der Waals surface area contributed by atoms with Gasteiger partial charge in [0.1, 0.15) is 0 Å². The van der Waals surface area contributed by atoms with Crippen LogP contribution in [0.1, 0.15) is 46.5 Å². The molecule has 0 amide bonds. The van der Waals surface area contributed by atoms with Gasteiger partial charge in [0.2, 0.25) is 11.2 Å². The molecule has 1 aromatic heterocycles. The molecule has 0 spiro atoms. The average Bonchev–Trinajstić information content (AvgIpc) is 2.26. The fourth-order valence-corrected chi connectivity index (χ4v) is 2.43. The van der Waals surface area contributed by atoms with Crippen LogP contribution in [-0.4, -0.2) is 27.6 Å². The van der Waals surface area contributed by atoms with Crippen molar-refractivity contribution in [2.45, 2.75) is 52.6 Å². The van der Waals surface area contributed by atoms with Gasteiger partial charge in [-0.1, -0.05) is 13.3 Å². The van der Waals surface area contributed by atoms with Gasteiger partial charge < -0.3 is 10.1 Å². The van der Waals surface area contributed by atoms with E-state index in [0.717, 1.165) is 6.54 Å². The highest BCUT2D eigenvalue weighted by Gasteiger charge is 2.34. The zero-order chi connectivity index (χ0) is 13.9. The average molecular weight is 285 g/mol. The molecular formula is C13H21ClN4O. The molecule has 1 N–H and O–H groups in total. The Morgan fingerprint density at radius 3 is 2.58 bits per heavy atom. The molecule has 1 aliphatic rings. The van der Waals surface area contributed by atoms with Crippen molar-refractivity contribution in [1.29, 1.82) is 0 Å². The number of ether oxygens (including phenoxy) is 1. The van der Waals surface area contributed by atoms with Crippen LogP contribution < -0.4 is 10.1 Å². The maximum absolute atomic E-state index is 5.88. The van der Waals surface area contributed by atoms with E-state index in [2.05, 4.69) is 27.2 Å². The number of nitrogens with one attached hydrogen (secondary N) is 1. The summed E-state index contributed by atoms with van der Waals surface area (Å²) < 4.78 is 5.45. The summed E-state index contributed by atoms with van der Waals surface area (Å²) in [6.45, 7) is 6.95. The molecule has 0 radical (unpaired) electrons. The van der Waals surface area contributed by atoms with Crippen molar-refractivity contribution < 1.29 is 4.74 Å². The van der Waals surface area contributed by atoms with Crippen LogP contribution in [0.2, 0.25) is 5.28 Å². The number of halogens is 1. The summed E-state index contributed by atoms with van der Waals surface area (Å²) in [5, 5.41) is 3.43. The Morgan fingerprint density at radius 2 is 2.05 bits per heavy atom. The Labute approximate surface area is 119 Å². The van der Waals surface area contributed by atoms with Crippen molar-refractivity contribution in [3.63, 3.8) is 0 Å². The maximum atomic E-state index is 5.88. The standard InChI is InChI=1S/C13H21ClN4O/c1-4-13(6-5-7-13)8-15-11-16-10(14)17-12(18-11)19-9(2)3/h9H,4-8H2,1-3H3,(H,15,16,17,18). The monoisotopic (exact) mass is 284 g/mol. The second-order valence-corrected chi connectivity index (χ2v) is 5.78. The molecule has 5 nitrogen and oxygen atoms in total. The van der Waals surface area contributed by atoms with Crippen LogP contribution in [0.3, 0.4) is 0 Å². The molecule has 6 heteroatoms. The van der Waals surface area contributed by atoms with Gasteiger partial charge in [-0.05, 0) is 50.1 Å². The molecule has 106 valence electrons. The summed E-state index contributed by atoms with van der Waals surface area (Å²) in [7, 11) is 0. The van der Waals surface area contributed by atoms with Crippen LogP contribution in [-0.2, 0) is 0 Å². The first-order valence-corrected chi connectivity index (χ1v) is 7.23. The van der Waals surface area contributed by atoms with E-state index in [4.69, 9.17) is 16.3 Å². The van der Waals surface area contributed by atoms with E-state index in [-0.39, 0.29) is 17.4 Å². The zero-order valence-corrected chi connectivity index (χ0v) is 12.5. The van der Waals surface area contributed by atoms with Gasteiger partial charge >= 0.3 is 6.01 Å². The van der Waals surface area contributed by atoms with Crippen LogP contribution >= 0.6 is 11.6 Å². The van der Waals surface area contributed by atoms with Gasteiger partial charge in [-0.3, -0.25) is 0 Å². The smallest absolute Gasteiger partial charge is 0.322 e. The highest BCUT2D eigenvalue weighted by atomic mass is 35.5. The van der Waals surface area contributed by atoms with Crippen molar-refractivity contribution in [1.82, 2.24) is 15.0 Å². The van der Waals surface area contributed by atoms with Crippen LogP contribution in [0.15, 0.2) is 0 Å². The number of anilines is 1. The number of hydrogen-bond donors (Lipinski definition) is 1. The van der Waals surface area contributed by atoms with E-state index in [1.807, 2.05) is 13.8 Å². The molecule has 0 aromatic carbocycles. The van der Waals surface area contributed by atoms with Crippen molar-refractivity contribution in [2.24, 2.45) is 5.41 Å². The quantitative estimate of drug-likeness (QED) is 0.868. The SMILES string of the molecule is CCC1(CNc2nc(Cl)nc(OC(C)C)n2)CCC1. The third-order valence-electron chi connectivity index (χ3n) is 3.71. The van der Waals surface area contributed by atoms with Crippen molar-refractivity contribution >= 4 is 17.5 Å². The summed E-state index contributed by atoms with van der Waals surface area (Å²) in [5.41, 5.74) is 0.401. The lowest BCUT2D eigenvalue weighted by Crippen LogP contribution is -2.36. The second kappa shape index (κ2) is 5.90. The molecule has 1 saturated carbocycles. The molecule has 2 rings (SSSR count). The summed E-state index contributed by atoms with van der Waals surface area (Å²) >= 11 is 5.88. The first-order chi connectivity index (χ1) is 9.03. The fourth-order valence-electron chi connectivity index (χ4n) is 2.27. The molecule has 0 bridgehead atoms. The molecule has 19 heavy (non-hydrogen) atoms. The molecular weight excluding hydrogens is 264 g/mol. The maximum Gasteiger partial charge on any atom is 0.322 e. The topological polar surface area (TPSA) is 59.9 Å². The molecule has 0 atom stereocenters. The minimum Gasteiger partial charge on any atom is -0.461 e. The summed E-state index contributed by atoms with van der Waals surface area (Å²) in [6.07, 6.45) is 5.04. The van der Waals surface area contributed by atoms with Crippen molar-refractivity contribution in [3.05, 3.63) is 5.28 Å².